The van der Waals surface area contributed by atoms with Crippen molar-refractivity contribution in [2.24, 2.45) is 5.92 Å². The van der Waals surface area contributed by atoms with Gasteiger partial charge in [0.15, 0.2) is 0 Å². The molecule has 25 heavy (non-hydrogen) atoms. The van der Waals surface area contributed by atoms with Crippen molar-refractivity contribution in [1.29, 1.82) is 0 Å². The molecule has 1 unspecified atom stereocenters. The van der Waals surface area contributed by atoms with Crippen LogP contribution in [0.3, 0.4) is 0 Å². The third kappa shape index (κ3) is 4.04. The van der Waals surface area contributed by atoms with Crippen LogP contribution in [-0.4, -0.2) is 29.0 Å². The molecule has 0 radical (unpaired) electrons. The average Bonchev–Trinajstić information content (AvgIpc) is 2.65. The Labute approximate surface area is 145 Å². The van der Waals surface area contributed by atoms with Crippen LogP contribution < -0.4 is 0 Å². The molecule has 0 aromatic heterocycles. The molecule has 1 saturated heterocycles. The number of aliphatic hydroxyl groups is 1. The van der Waals surface area contributed by atoms with Crippen LogP contribution in [0.1, 0.15) is 30.1 Å². The molecule has 1 fully saturated rings. The SMILES string of the molecule is O=C(Cc1c(F)cccc1F)N1CCC(C(O)c2ccccc2)CC1. The van der Waals surface area contributed by atoms with Crippen molar-refractivity contribution in [3.05, 3.63) is 71.3 Å². The molecule has 132 valence electrons. The predicted molar refractivity (Wildman–Crippen MR) is 90.8 cm³/mol. The molecule has 1 aliphatic rings. The molecule has 3 nitrogen and oxygen atoms in total. The van der Waals surface area contributed by atoms with Crippen molar-refractivity contribution in [3.8, 4) is 0 Å². The Morgan fingerprint density at radius 3 is 2.24 bits per heavy atom. The Kier molecular flexibility index (Phi) is 5.43. The zero-order valence-electron chi connectivity index (χ0n) is 13.9. The van der Waals surface area contributed by atoms with Gasteiger partial charge < -0.3 is 10.0 Å². The zero-order valence-corrected chi connectivity index (χ0v) is 13.9. The van der Waals surface area contributed by atoms with Crippen LogP contribution in [0.5, 0.6) is 0 Å². The molecule has 1 atom stereocenters. The summed E-state index contributed by atoms with van der Waals surface area (Å²) in [5.41, 5.74) is 0.694. The summed E-state index contributed by atoms with van der Waals surface area (Å²) in [5, 5.41) is 10.5. The summed E-state index contributed by atoms with van der Waals surface area (Å²) in [6, 6.07) is 13.1. The summed E-state index contributed by atoms with van der Waals surface area (Å²) in [7, 11) is 0. The van der Waals surface area contributed by atoms with Crippen molar-refractivity contribution < 1.29 is 18.7 Å². The molecule has 3 rings (SSSR count). The number of aliphatic hydroxyl groups excluding tert-OH is 1. The average molecular weight is 345 g/mol. The van der Waals surface area contributed by atoms with E-state index in [1.54, 1.807) is 4.90 Å². The topological polar surface area (TPSA) is 40.5 Å². The number of rotatable bonds is 4. The minimum absolute atomic E-state index is 0.0802. The van der Waals surface area contributed by atoms with E-state index in [0.717, 1.165) is 17.7 Å². The highest BCUT2D eigenvalue weighted by molar-refractivity contribution is 5.79. The molecule has 2 aromatic rings. The molecule has 0 bridgehead atoms. The van der Waals surface area contributed by atoms with E-state index in [0.29, 0.717) is 25.9 Å². The number of halogens is 2. The highest BCUT2D eigenvalue weighted by Gasteiger charge is 2.28. The monoisotopic (exact) mass is 345 g/mol. The number of likely N-dealkylation sites (tertiary alicyclic amines) is 1. The number of benzene rings is 2. The van der Waals surface area contributed by atoms with E-state index in [-0.39, 0.29) is 23.8 Å². The molecule has 0 saturated carbocycles. The second-order valence-electron chi connectivity index (χ2n) is 6.45. The first-order valence-corrected chi connectivity index (χ1v) is 8.50. The third-order valence-corrected chi connectivity index (χ3v) is 4.87. The Balaban J connectivity index is 1.58. The lowest BCUT2D eigenvalue weighted by Crippen LogP contribution is -2.40. The van der Waals surface area contributed by atoms with Gasteiger partial charge in [0, 0.05) is 18.7 Å². The van der Waals surface area contributed by atoms with E-state index in [9.17, 15) is 18.7 Å². The zero-order chi connectivity index (χ0) is 17.8. The minimum Gasteiger partial charge on any atom is -0.388 e. The van der Waals surface area contributed by atoms with Crippen LogP contribution in [0.2, 0.25) is 0 Å². The molecular weight excluding hydrogens is 324 g/mol. The molecule has 1 amide bonds. The molecule has 1 aliphatic heterocycles. The van der Waals surface area contributed by atoms with Crippen LogP contribution in [0, 0.1) is 17.6 Å². The number of hydrogen-bond acceptors (Lipinski definition) is 2. The summed E-state index contributed by atoms with van der Waals surface area (Å²) in [6.07, 6.45) is 0.510. The number of amides is 1. The molecule has 1 N–H and O–H groups in total. The molecule has 1 heterocycles. The van der Waals surface area contributed by atoms with Gasteiger partial charge in [0.2, 0.25) is 5.91 Å². The van der Waals surface area contributed by atoms with Gasteiger partial charge in [0.25, 0.3) is 0 Å². The summed E-state index contributed by atoms with van der Waals surface area (Å²) in [4.78, 5) is 14.0. The first-order chi connectivity index (χ1) is 12.1. The fourth-order valence-corrected chi connectivity index (χ4v) is 3.35. The summed E-state index contributed by atoms with van der Waals surface area (Å²) < 4.78 is 27.4. The Bertz CT molecular complexity index is 707. The maximum atomic E-state index is 13.7. The highest BCUT2D eigenvalue weighted by Crippen LogP contribution is 2.30. The van der Waals surface area contributed by atoms with Crippen LogP contribution in [-0.2, 0) is 11.2 Å². The van der Waals surface area contributed by atoms with Gasteiger partial charge in [-0.1, -0.05) is 36.4 Å². The third-order valence-electron chi connectivity index (χ3n) is 4.87. The van der Waals surface area contributed by atoms with Gasteiger partial charge in [-0.25, -0.2) is 8.78 Å². The fourth-order valence-electron chi connectivity index (χ4n) is 3.35. The summed E-state index contributed by atoms with van der Waals surface area (Å²) in [5.74, 6) is -1.58. The van der Waals surface area contributed by atoms with E-state index < -0.39 is 17.7 Å². The van der Waals surface area contributed by atoms with E-state index in [1.165, 1.54) is 6.07 Å². The number of nitrogens with zero attached hydrogens (tertiary/aromatic N) is 1. The largest absolute Gasteiger partial charge is 0.388 e. The van der Waals surface area contributed by atoms with Crippen LogP contribution in [0.4, 0.5) is 8.78 Å². The lowest BCUT2D eigenvalue weighted by Gasteiger charge is -2.34. The fraction of sp³-hybridized carbons (Fsp3) is 0.350. The van der Waals surface area contributed by atoms with Gasteiger partial charge in [-0.2, -0.15) is 0 Å². The van der Waals surface area contributed by atoms with Crippen molar-refractivity contribution in [3.63, 3.8) is 0 Å². The second kappa shape index (κ2) is 7.74. The Morgan fingerprint density at radius 1 is 1.04 bits per heavy atom. The Hall–Kier alpha value is -2.27. The molecular formula is C20H21F2NO2. The number of carbonyl (C=O) groups excluding carboxylic acids is 1. The first-order valence-electron chi connectivity index (χ1n) is 8.50. The Morgan fingerprint density at radius 2 is 1.64 bits per heavy atom. The lowest BCUT2D eigenvalue weighted by atomic mass is 9.87. The van der Waals surface area contributed by atoms with Crippen LogP contribution >= 0.6 is 0 Å². The van der Waals surface area contributed by atoms with E-state index in [2.05, 4.69) is 0 Å². The van der Waals surface area contributed by atoms with Gasteiger partial charge in [-0.05, 0) is 36.5 Å². The molecule has 0 spiro atoms. The quantitative estimate of drug-likeness (QED) is 0.922. The molecule has 2 aromatic carbocycles. The smallest absolute Gasteiger partial charge is 0.227 e. The molecule has 0 aliphatic carbocycles. The number of hydrogen-bond donors (Lipinski definition) is 1. The van der Waals surface area contributed by atoms with Gasteiger partial charge in [0.1, 0.15) is 11.6 Å². The van der Waals surface area contributed by atoms with E-state index >= 15 is 0 Å². The maximum Gasteiger partial charge on any atom is 0.227 e. The number of carbonyl (C=O) groups is 1. The van der Waals surface area contributed by atoms with Crippen LogP contribution in [0.15, 0.2) is 48.5 Å². The summed E-state index contributed by atoms with van der Waals surface area (Å²) in [6.45, 7) is 0.979. The minimum atomic E-state index is -0.692. The lowest BCUT2D eigenvalue weighted by molar-refractivity contribution is -0.132. The maximum absolute atomic E-state index is 13.7. The van der Waals surface area contributed by atoms with Gasteiger partial charge in [-0.3, -0.25) is 4.79 Å². The van der Waals surface area contributed by atoms with Crippen molar-refractivity contribution >= 4 is 5.91 Å². The number of piperidine rings is 1. The van der Waals surface area contributed by atoms with Gasteiger partial charge in [-0.15, -0.1) is 0 Å². The van der Waals surface area contributed by atoms with Gasteiger partial charge in [0.05, 0.1) is 12.5 Å². The molecule has 5 heteroatoms. The van der Waals surface area contributed by atoms with Gasteiger partial charge >= 0.3 is 0 Å². The van der Waals surface area contributed by atoms with Crippen molar-refractivity contribution in [2.75, 3.05) is 13.1 Å². The van der Waals surface area contributed by atoms with Crippen LogP contribution in [0.25, 0.3) is 0 Å². The first kappa shape index (κ1) is 17.5. The predicted octanol–water partition coefficient (Wildman–Crippen LogP) is 3.48. The van der Waals surface area contributed by atoms with E-state index in [1.807, 2.05) is 30.3 Å². The van der Waals surface area contributed by atoms with Crippen molar-refractivity contribution in [2.45, 2.75) is 25.4 Å². The van der Waals surface area contributed by atoms with E-state index in [4.69, 9.17) is 0 Å². The normalized spacial score (nSPS) is 16.7. The standard InChI is InChI=1S/C20H21F2NO2/c21-17-7-4-8-18(22)16(17)13-19(24)23-11-9-15(10-12-23)20(25)14-5-2-1-3-6-14/h1-8,15,20,25H,9-13H2. The second-order valence-corrected chi connectivity index (χ2v) is 6.45. The highest BCUT2D eigenvalue weighted by atomic mass is 19.1. The summed E-state index contributed by atoms with van der Waals surface area (Å²) >= 11 is 0. The van der Waals surface area contributed by atoms with Crippen molar-refractivity contribution in [1.82, 2.24) is 4.90 Å².